The highest BCUT2D eigenvalue weighted by molar-refractivity contribution is 6.67. The van der Waals surface area contributed by atoms with Gasteiger partial charge in [-0.15, -0.1) is 0 Å². The van der Waals surface area contributed by atoms with Crippen LogP contribution in [0.4, 0.5) is 0 Å². The van der Waals surface area contributed by atoms with Gasteiger partial charge in [-0.2, -0.15) is 0 Å². The molecule has 0 bridgehead atoms. The summed E-state index contributed by atoms with van der Waals surface area (Å²) in [5, 5.41) is 0. The minimum absolute atomic E-state index is 0.462. The Morgan fingerprint density at radius 2 is 2.15 bits per heavy atom. The van der Waals surface area contributed by atoms with E-state index in [0.29, 0.717) is 18.6 Å². The van der Waals surface area contributed by atoms with Crippen LogP contribution >= 0.6 is 34.8 Å². The molecular formula is C8H12Cl3NO. The zero-order chi connectivity index (χ0) is 9.47. The molecule has 1 saturated heterocycles. The summed E-state index contributed by atoms with van der Waals surface area (Å²) in [4.78, 5) is 2.36. The van der Waals surface area contributed by atoms with E-state index in [4.69, 9.17) is 39.5 Å². The van der Waals surface area contributed by atoms with E-state index in [1.165, 1.54) is 0 Å². The largest absolute Gasteiger partial charge is 0.375 e. The van der Waals surface area contributed by atoms with Crippen LogP contribution in [0.5, 0.6) is 0 Å². The second-order valence-electron chi connectivity index (χ2n) is 3.61. The lowest BCUT2D eigenvalue weighted by molar-refractivity contribution is 0.0309. The molecule has 13 heavy (non-hydrogen) atoms. The smallest absolute Gasteiger partial charge is 0.191 e. The summed E-state index contributed by atoms with van der Waals surface area (Å²) in [7, 11) is 0. The minimum atomic E-state index is -1.11. The molecule has 0 N–H and O–H groups in total. The molecule has 2 nitrogen and oxygen atoms in total. The summed E-state index contributed by atoms with van der Waals surface area (Å²) in [6.45, 7) is 2.66. The first-order chi connectivity index (χ1) is 6.06. The molecule has 5 heteroatoms. The molecule has 1 aliphatic carbocycles. The molecule has 2 fully saturated rings. The summed E-state index contributed by atoms with van der Waals surface area (Å²) in [5.74, 6) is 0. The molecule has 1 heterocycles. The zero-order valence-electron chi connectivity index (χ0n) is 7.18. The van der Waals surface area contributed by atoms with Crippen molar-refractivity contribution in [1.29, 1.82) is 0 Å². The molecule has 2 atom stereocenters. The molecular weight excluding hydrogens is 232 g/mol. The Morgan fingerprint density at radius 3 is 2.85 bits per heavy atom. The quantitative estimate of drug-likeness (QED) is 0.691. The molecule has 1 aliphatic heterocycles. The van der Waals surface area contributed by atoms with Crippen LogP contribution in [0.15, 0.2) is 0 Å². The summed E-state index contributed by atoms with van der Waals surface area (Å²) < 4.78 is 4.36. The molecule has 0 spiro atoms. The van der Waals surface area contributed by atoms with E-state index in [0.717, 1.165) is 26.1 Å². The Balaban J connectivity index is 1.75. The van der Waals surface area contributed by atoms with Crippen molar-refractivity contribution in [2.75, 3.05) is 19.7 Å². The van der Waals surface area contributed by atoms with Gasteiger partial charge in [0.2, 0.25) is 0 Å². The van der Waals surface area contributed by atoms with Crippen LogP contribution in [0.2, 0.25) is 0 Å². The fraction of sp³-hybridized carbons (Fsp3) is 1.00. The monoisotopic (exact) mass is 243 g/mol. The molecule has 0 amide bonds. The number of alkyl halides is 3. The predicted molar refractivity (Wildman–Crippen MR) is 54.6 cm³/mol. The second-order valence-corrected chi connectivity index (χ2v) is 6.13. The SMILES string of the molecule is ClC(Cl)(Cl)CCN1CCOC2CC21. The van der Waals surface area contributed by atoms with Crippen molar-refractivity contribution in [1.82, 2.24) is 4.90 Å². The molecule has 0 aromatic carbocycles. The average Bonchev–Trinajstić information content (AvgIpc) is 2.77. The van der Waals surface area contributed by atoms with Crippen molar-refractivity contribution in [3.05, 3.63) is 0 Å². The van der Waals surface area contributed by atoms with Gasteiger partial charge in [-0.1, -0.05) is 34.8 Å². The average molecular weight is 245 g/mol. The van der Waals surface area contributed by atoms with Crippen molar-refractivity contribution in [3.8, 4) is 0 Å². The van der Waals surface area contributed by atoms with Crippen LogP contribution in [0.3, 0.4) is 0 Å². The summed E-state index contributed by atoms with van der Waals surface area (Å²) in [5.41, 5.74) is 0. The first kappa shape index (κ1) is 10.3. The van der Waals surface area contributed by atoms with Gasteiger partial charge < -0.3 is 4.74 Å². The minimum Gasteiger partial charge on any atom is -0.375 e. The van der Waals surface area contributed by atoms with Crippen LogP contribution in [0.1, 0.15) is 12.8 Å². The van der Waals surface area contributed by atoms with Crippen molar-refractivity contribution >= 4 is 34.8 Å². The first-order valence-electron chi connectivity index (χ1n) is 4.49. The van der Waals surface area contributed by atoms with Gasteiger partial charge in [0, 0.05) is 25.6 Å². The summed E-state index contributed by atoms with van der Waals surface area (Å²) in [6, 6.07) is 0.598. The van der Waals surface area contributed by atoms with Gasteiger partial charge in [-0.05, 0) is 6.42 Å². The fourth-order valence-electron chi connectivity index (χ4n) is 1.76. The van der Waals surface area contributed by atoms with Crippen molar-refractivity contribution in [2.45, 2.75) is 28.8 Å². The molecule has 1 saturated carbocycles. The van der Waals surface area contributed by atoms with Crippen LogP contribution < -0.4 is 0 Å². The first-order valence-corrected chi connectivity index (χ1v) is 5.62. The highest BCUT2D eigenvalue weighted by Gasteiger charge is 2.45. The molecule has 2 unspecified atom stereocenters. The van der Waals surface area contributed by atoms with Crippen LogP contribution in [0, 0.1) is 0 Å². The number of ether oxygens (including phenoxy) is 1. The van der Waals surface area contributed by atoms with E-state index in [2.05, 4.69) is 4.90 Å². The van der Waals surface area contributed by atoms with Gasteiger partial charge in [-0.3, -0.25) is 4.90 Å². The standard InChI is InChI=1S/C8H12Cl3NO/c9-8(10,11)1-2-12-3-4-13-7-5-6(7)12/h6-7H,1-5H2. The zero-order valence-corrected chi connectivity index (χ0v) is 9.45. The maximum absolute atomic E-state index is 5.69. The van der Waals surface area contributed by atoms with Gasteiger partial charge in [0.15, 0.2) is 3.79 Å². The molecule has 0 radical (unpaired) electrons. The molecule has 0 aromatic rings. The predicted octanol–water partition coefficient (Wildman–Crippen LogP) is 2.22. The Hall–Kier alpha value is 0.790. The lowest BCUT2D eigenvalue weighted by Gasteiger charge is -2.27. The van der Waals surface area contributed by atoms with E-state index in [1.807, 2.05) is 0 Å². The van der Waals surface area contributed by atoms with E-state index < -0.39 is 3.79 Å². The second kappa shape index (κ2) is 3.74. The number of nitrogens with zero attached hydrogens (tertiary/aromatic N) is 1. The van der Waals surface area contributed by atoms with Crippen LogP contribution in [-0.4, -0.2) is 40.5 Å². The fourth-order valence-corrected chi connectivity index (χ4v) is 2.01. The van der Waals surface area contributed by atoms with E-state index >= 15 is 0 Å². The molecule has 76 valence electrons. The highest BCUT2D eigenvalue weighted by Crippen LogP contribution is 2.36. The van der Waals surface area contributed by atoms with Gasteiger partial charge >= 0.3 is 0 Å². The van der Waals surface area contributed by atoms with E-state index in [-0.39, 0.29) is 0 Å². The third-order valence-corrected chi connectivity index (χ3v) is 3.13. The van der Waals surface area contributed by atoms with Gasteiger partial charge in [-0.25, -0.2) is 0 Å². The number of rotatable bonds is 2. The van der Waals surface area contributed by atoms with E-state index in [9.17, 15) is 0 Å². The van der Waals surface area contributed by atoms with Crippen molar-refractivity contribution in [3.63, 3.8) is 0 Å². The van der Waals surface area contributed by atoms with Gasteiger partial charge in [0.05, 0.1) is 12.7 Å². The third kappa shape index (κ3) is 2.87. The summed E-state index contributed by atoms with van der Waals surface area (Å²) in [6.07, 6.45) is 2.21. The number of hydrogen-bond donors (Lipinski definition) is 0. The van der Waals surface area contributed by atoms with Gasteiger partial charge in [0.25, 0.3) is 0 Å². The Kier molecular flexibility index (Phi) is 2.97. The Labute approximate surface area is 93.1 Å². The van der Waals surface area contributed by atoms with Gasteiger partial charge in [0.1, 0.15) is 0 Å². The van der Waals surface area contributed by atoms with Crippen LogP contribution in [-0.2, 0) is 4.74 Å². The summed E-state index contributed by atoms with van der Waals surface area (Å²) >= 11 is 17.1. The van der Waals surface area contributed by atoms with Crippen molar-refractivity contribution < 1.29 is 4.74 Å². The van der Waals surface area contributed by atoms with Crippen LogP contribution in [0.25, 0.3) is 0 Å². The third-order valence-electron chi connectivity index (χ3n) is 2.56. The lowest BCUT2D eigenvalue weighted by atomic mass is 10.3. The number of fused-ring (bicyclic) bond motifs is 1. The topological polar surface area (TPSA) is 12.5 Å². The molecule has 2 rings (SSSR count). The number of halogens is 3. The van der Waals surface area contributed by atoms with Crippen molar-refractivity contribution in [2.24, 2.45) is 0 Å². The normalized spacial score (nSPS) is 34.4. The Morgan fingerprint density at radius 1 is 1.38 bits per heavy atom. The maximum atomic E-state index is 5.69. The Bertz CT molecular complexity index is 194. The highest BCUT2D eigenvalue weighted by atomic mass is 35.6. The molecule has 2 aliphatic rings. The molecule has 0 aromatic heterocycles. The lowest BCUT2D eigenvalue weighted by Crippen LogP contribution is -2.38. The number of morpholine rings is 1. The van der Waals surface area contributed by atoms with E-state index in [1.54, 1.807) is 0 Å². The maximum Gasteiger partial charge on any atom is 0.191 e. The number of hydrogen-bond acceptors (Lipinski definition) is 2.